The fourth-order valence-corrected chi connectivity index (χ4v) is 5.27. The highest BCUT2D eigenvalue weighted by Gasteiger charge is 2.28. The number of benzene rings is 2. The minimum absolute atomic E-state index is 0.0168. The molecule has 272 valence electrons. The number of amides is 4. The molecule has 1 aromatic heterocycles. The first-order valence-corrected chi connectivity index (χ1v) is 17.0. The summed E-state index contributed by atoms with van der Waals surface area (Å²) < 4.78 is 17.3. The summed E-state index contributed by atoms with van der Waals surface area (Å²) >= 11 is 0. The second-order valence-electron chi connectivity index (χ2n) is 13.1. The van der Waals surface area contributed by atoms with E-state index in [-0.39, 0.29) is 31.8 Å². The molecule has 0 aliphatic rings. The van der Waals surface area contributed by atoms with Gasteiger partial charge in [0, 0.05) is 50.1 Å². The summed E-state index contributed by atoms with van der Waals surface area (Å²) in [5.74, 6) is -1.26. The van der Waals surface area contributed by atoms with Crippen LogP contribution in [0.25, 0.3) is 10.9 Å². The number of nitrogens with zero attached hydrogens (tertiary/aromatic N) is 1. The number of hydrogen-bond acceptors (Lipinski definition) is 8. The Hall–Kier alpha value is -5.07. The number of rotatable bonds is 18. The number of methoxy groups -OCH3 is 1. The minimum Gasteiger partial charge on any atom is -0.469 e. The van der Waals surface area contributed by atoms with Gasteiger partial charge in [0.1, 0.15) is 24.3 Å². The number of unbranched alkanes of at least 4 members (excludes halogenated alkanes) is 2. The predicted octanol–water partition coefficient (Wildman–Crippen LogP) is 4.66. The lowest BCUT2D eigenvalue weighted by molar-refractivity contribution is -0.140. The Morgan fingerprint density at radius 2 is 1.46 bits per heavy atom. The number of aryl methyl sites for hydroxylation is 1. The second-order valence-corrected chi connectivity index (χ2v) is 13.1. The van der Waals surface area contributed by atoms with Gasteiger partial charge in [-0.25, -0.2) is 9.59 Å². The average molecular weight is 694 g/mol. The molecule has 50 heavy (non-hydrogen) atoms. The van der Waals surface area contributed by atoms with E-state index < -0.39 is 41.7 Å². The molecule has 0 saturated heterocycles. The van der Waals surface area contributed by atoms with Crippen LogP contribution in [-0.2, 0) is 48.7 Å². The van der Waals surface area contributed by atoms with Gasteiger partial charge in [-0.05, 0) is 70.1 Å². The quantitative estimate of drug-likeness (QED) is 0.0849. The van der Waals surface area contributed by atoms with E-state index in [1.807, 2.05) is 72.4 Å². The maximum atomic E-state index is 13.8. The molecule has 0 radical (unpaired) electrons. The molecule has 0 aliphatic carbocycles. The van der Waals surface area contributed by atoms with Crippen molar-refractivity contribution in [1.29, 1.82) is 0 Å². The van der Waals surface area contributed by atoms with Crippen molar-refractivity contribution in [2.45, 2.75) is 90.0 Å². The van der Waals surface area contributed by atoms with Crippen LogP contribution in [0.5, 0.6) is 0 Å². The van der Waals surface area contributed by atoms with Gasteiger partial charge in [0.05, 0.1) is 7.11 Å². The Bertz CT molecular complexity index is 1570. The maximum Gasteiger partial charge on any atom is 0.408 e. The first-order valence-electron chi connectivity index (χ1n) is 17.0. The van der Waals surface area contributed by atoms with Gasteiger partial charge < -0.3 is 40.0 Å². The third-order valence-electron chi connectivity index (χ3n) is 7.78. The predicted molar refractivity (Wildman–Crippen MR) is 189 cm³/mol. The van der Waals surface area contributed by atoms with Crippen molar-refractivity contribution in [3.05, 3.63) is 71.9 Å². The molecule has 0 saturated carbocycles. The van der Waals surface area contributed by atoms with E-state index in [0.29, 0.717) is 38.8 Å². The topological polar surface area (TPSA) is 166 Å². The summed E-state index contributed by atoms with van der Waals surface area (Å²) in [6.07, 6.45) is 3.33. The fourth-order valence-electron chi connectivity index (χ4n) is 5.27. The van der Waals surface area contributed by atoms with Gasteiger partial charge in [0.15, 0.2) is 0 Å². The van der Waals surface area contributed by atoms with Crippen molar-refractivity contribution in [3.8, 4) is 0 Å². The molecule has 2 unspecified atom stereocenters. The molecule has 3 rings (SSSR count). The molecule has 2 atom stereocenters. The van der Waals surface area contributed by atoms with Crippen molar-refractivity contribution in [1.82, 2.24) is 25.8 Å². The van der Waals surface area contributed by atoms with Gasteiger partial charge >= 0.3 is 18.2 Å². The molecule has 0 bridgehead atoms. The number of esters is 1. The van der Waals surface area contributed by atoms with Crippen molar-refractivity contribution < 1.29 is 38.2 Å². The molecule has 13 heteroatoms. The third kappa shape index (κ3) is 13.8. The molecule has 2 aromatic carbocycles. The van der Waals surface area contributed by atoms with E-state index in [1.165, 1.54) is 7.11 Å². The monoisotopic (exact) mass is 693 g/mol. The van der Waals surface area contributed by atoms with Gasteiger partial charge in [-0.3, -0.25) is 14.4 Å². The van der Waals surface area contributed by atoms with E-state index in [9.17, 15) is 24.0 Å². The summed E-state index contributed by atoms with van der Waals surface area (Å²) in [6.45, 7) is 5.95. The largest absolute Gasteiger partial charge is 0.469 e. The van der Waals surface area contributed by atoms with Crippen molar-refractivity contribution in [2.75, 3.05) is 20.2 Å². The van der Waals surface area contributed by atoms with Gasteiger partial charge in [-0.1, -0.05) is 48.5 Å². The van der Waals surface area contributed by atoms with E-state index >= 15 is 0 Å². The third-order valence-corrected chi connectivity index (χ3v) is 7.78. The molecule has 0 fully saturated rings. The van der Waals surface area contributed by atoms with Crippen molar-refractivity contribution in [3.63, 3.8) is 0 Å². The van der Waals surface area contributed by atoms with Crippen molar-refractivity contribution in [2.24, 2.45) is 7.05 Å². The Balaban J connectivity index is 1.72. The highest BCUT2D eigenvalue weighted by molar-refractivity contribution is 5.92. The number of carbonyl (C=O) groups excluding carboxylic acids is 5. The fraction of sp³-hybridized carbons (Fsp3) is 0.486. The van der Waals surface area contributed by atoms with E-state index in [1.54, 1.807) is 20.8 Å². The van der Waals surface area contributed by atoms with Crippen LogP contribution >= 0.6 is 0 Å². The summed E-state index contributed by atoms with van der Waals surface area (Å²) in [7, 11) is 3.25. The van der Waals surface area contributed by atoms with Crippen LogP contribution in [0.15, 0.2) is 60.8 Å². The molecular weight excluding hydrogens is 642 g/mol. The Kier molecular flexibility index (Phi) is 15.6. The second kappa shape index (κ2) is 19.8. The number of nitrogens with one attached hydrogen (secondary N) is 4. The van der Waals surface area contributed by atoms with E-state index in [0.717, 1.165) is 22.0 Å². The average Bonchev–Trinajstić information content (AvgIpc) is 3.40. The van der Waals surface area contributed by atoms with Crippen molar-refractivity contribution >= 4 is 40.9 Å². The molecule has 1 heterocycles. The number of hydrogen-bond donors (Lipinski definition) is 4. The summed E-state index contributed by atoms with van der Waals surface area (Å²) in [5, 5.41) is 12.1. The molecule has 3 aromatic rings. The molecular formula is C37H51N5O8. The highest BCUT2D eigenvalue weighted by atomic mass is 16.6. The molecule has 13 nitrogen and oxygen atoms in total. The van der Waals surface area contributed by atoms with Crippen LogP contribution in [0.2, 0.25) is 0 Å². The molecule has 0 spiro atoms. The van der Waals surface area contributed by atoms with Crippen LogP contribution in [-0.4, -0.2) is 72.4 Å². The Labute approximate surface area is 293 Å². The Morgan fingerprint density at radius 3 is 2.18 bits per heavy atom. The summed E-state index contributed by atoms with van der Waals surface area (Å²) in [5.41, 5.74) is 2.01. The smallest absolute Gasteiger partial charge is 0.408 e. The van der Waals surface area contributed by atoms with Crippen LogP contribution < -0.4 is 21.3 Å². The number of alkyl carbamates (subject to hydrolysis) is 2. The Morgan fingerprint density at radius 1 is 0.780 bits per heavy atom. The van der Waals surface area contributed by atoms with E-state index in [2.05, 4.69) is 26.0 Å². The number of carbonyl (C=O) groups is 5. The van der Waals surface area contributed by atoms with E-state index in [4.69, 9.17) is 9.47 Å². The van der Waals surface area contributed by atoms with Crippen LogP contribution in [0, 0.1) is 0 Å². The number of para-hydroxylation sites is 1. The maximum absolute atomic E-state index is 13.8. The number of aromatic nitrogens is 1. The highest BCUT2D eigenvalue weighted by Crippen LogP contribution is 2.22. The zero-order chi connectivity index (χ0) is 36.5. The standard InChI is InChI=1S/C37H51N5O8/c1-37(2,3)50-35(46)39-22-13-11-18-29(41-36(47)49-25-26-15-7-6-8-16-26)34(45)40-30(33(44)38-21-14-12-20-32(43)48-5)23-27-24-42(4)31-19-10-9-17-28(27)31/h6-10,15-17,19,24,29-30H,11-14,18,20-23,25H2,1-5H3,(H,38,44)(H,39,46)(H,40,45)(H,41,47). The van der Waals surface area contributed by atoms with Crippen LogP contribution in [0.3, 0.4) is 0 Å². The SMILES string of the molecule is COC(=O)CCCCNC(=O)C(Cc1cn(C)c2ccccc12)NC(=O)C(CCCCNC(=O)OC(C)(C)C)NC(=O)OCc1ccccc1. The number of ether oxygens (including phenoxy) is 3. The lowest BCUT2D eigenvalue weighted by atomic mass is 10.0. The summed E-state index contributed by atoms with van der Waals surface area (Å²) in [4.78, 5) is 63.8. The van der Waals surface area contributed by atoms with Gasteiger partial charge in [0.2, 0.25) is 11.8 Å². The first-order chi connectivity index (χ1) is 23.9. The lowest BCUT2D eigenvalue weighted by Gasteiger charge is -2.23. The lowest BCUT2D eigenvalue weighted by Crippen LogP contribution is -2.54. The minimum atomic E-state index is -1.03. The van der Waals surface area contributed by atoms with Gasteiger partial charge in [0.25, 0.3) is 0 Å². The van der Waals surface area contributed by atoms with Crippen LogP contribution in [0.4, 0.5) is 9.59 Å². The zero-order valence-electron chi connectivity index (χ0n) is 29.7. The molecule has 4 N–H and O–H groups in total. The first kappa shape index (κ1) is 39.4. The molecule has 0 aliphatic heterocycles. The zero-order valence-corrected chi connectivity index (χ0v) is 29.7. The number of fused-ring (bicyclic) bond motifs is 1. The molecule has 4 amide bonds. The summed E-state index contributed by atoms with van der Waals surface area (Å²) in [6, 6.07) is 15.0. The van der Waals surface area contributed by atoms with Gasteiger partial charge in [-0.2, -0.15) is 0 Å². The van der Waals surface area contributed by atoms with Gasteiger partial charge in [-0.15, -0.1) is 0 Å². The normalized spacial score (nSPS) is 12.3. The van der Waals surface area contributed by atoms with Crippen LogP contribution in [0.1, 0.15) is 70.4 Å².